The van der Waals surface area contributed by atoms with Crippen LogP contribution in [-0.2, 0) is 0 Å². The van der Waals surface area contributed by atoms with Crippen LogP contribution in [-0.4, -0.2) is 36.0 Å². The van der Waals surface area contributed by atoms with Crippen LogP contribution in [0.25, 0.3) is 0 Å². The molecule has 0 bridgehead atoms. The van der Waals surface area contributed by atoms with Gasteiger partial charge in [0.05, 0.1) is 16.5 Å². The van der Waals surface area contributed by atoms with Crippen molar-refractivity contribution in [3.63, 3.8) is 0 Å². The predicted molar refractivity (Wildman–Crippen MR) is 98.2 cm³/mol. The fourth-order valence-electron chi connectivity index (χ4n) is 2.83. The first-order valence-corrected chi connectivity index (χ1v) is 7.97. The van der Waals surface area contributed by atoms with Crippen LogP contribution in [0.3, 0.4) is 0 Å². The van der Waals surface area contributed by atoms with E-state index in [1.54, 1.807) is 0 Å². The minimum atomic E-state index is -0.447. The number of nitrogens with one attached hydrogen (secondary N) is 1. The summed E-state index contributed by atoms with van der Waals surface area (Å²) in [6.45, 7) is 3.20. The van der Waals surface area contributed by atoms with E-state index in [4.69, 9.17) is 0 Å². The molecule has 2 heterocycles. The molecule has 24 heavy (non-hydrogen) atoms. The van der Waals surface area contributed by atoms with Crippen LogP contribution in [0.2, 0.25) is 0 Å². The van der Waals surface area contributed by atoms with Crippen molar-refractivity contribution in [1.29, 1.82) is 0 Å². The highest BCUT2D eigenvalue weighted by molar-refractivity contribution is 7.10. The molecule has 1 aromatic heterocycles. The van der Waals surface area contributed by atoms with Gasteiger partial charge in [-0.15, -0.1) is 36.2 Å². The van der Waals surface area contributed by atoms with E-state index in [2.05, 4.69) is 10.2 Å². The van der Waals surface area contributed by atoms with Crippen molar-refractivity contribution < 1.29 is 9.31 Å². The molecular weight excluding hydrogens is 376 g/mol. The maximum Gasteiger partial charge on any atom is 0.274 e. The molecule has 132 valence electrons. The van der Waals surface area contributed by atoms with Crippen molar-refractivity contribution in [1.82, 2.24) is 10.2 Å². The molecule has 1 fully saturated rings. The lowest BCUT2D eigenvalue weighted by Crippen LogP contribution is -2.45. The van der Waals surface area contributed by atoms with Gasteiger partial charge >= 0.3 is 0 Å². The highest BCUT2D eigenvalue weighted by Crippen LogP contribution is 2.37. The van der Waals surface area contributed by atoms with Crippen LogP contribution < -0.4 is 5.32 Å². The second kappa shape index (κ2) is 9.29. The summed E-state index contributed by atoms with van der Waals surface area (Å²) in [5.41, 5.74) is 0.396. The summed E-state index contributed by atoms with van der Waals surface area (Å²) in [7, 11) is 0. The summed E-state index contributed by atoms with van der Waals surface area (Å²) in [5, 5.41) is 16.6. The normalized spacial score (nSPS) is 15.9. The largest absolute Gasteiger partial charge is 0.314 e. The van der Waals surface area contributed by atoms with Gasteiger partial charge in [0.15, 0.2) is 0 Å². The lowest BCUT2D eigenvalue weighted by Gasteiger charge is -2.34. The average molecular weight is 394 g/mol. The maximum absolute atomic E-state index is 13.7. The van der Waals surface area contributed by atoms with E-state index in [0.717, 1.165) is 37.1 Å². The number of nitro groups is 1. The highest BCUT2D eigenvalue weighted by Gasteiger charge is 2.30. The topological polar surface area (TPSA) is 58.4 Å². The second-order valence-electron chi connectivity index (χ2n) is 5.16. The Morgan fingerprint density at radius 2 is 1.96 bits per heavy atom. The van der Waals surface area contributed by atoms with Gasteiger partial charge in [-0.1, -0.05) is 6.07 Å². The van der Waals surface area contributed by atoms with Crippen molar-refractivity contribution in [2.24, 2.45) is 0 Å². The minimum absolute atomic E-state index is 0. The number of nitrogens with zero attached hydrogens (tertiary/aromatic N) is 2. The fourth-order valence-corrected chi connectivity index (χ4v) is 3.70. The Bertz CT molecular complexity index is 667. The van der Waals surface area contributed by atoms with E-state index >= 15 is 0 Å². The molecule has 1 aliphatic rings. The highest BCUT2D eigenvalue weighted by atomic mass is 35.5. The summed E-state index contributed by atoms with van der Waals surface area (Å²) in [6.07, 6.45) is 0. The number of halogens is 3. The van der Waals surface area contributed by atoms with E-state index in [1.165, 1.54) is 23.5 Å². The molecule has 0 saturated carbocycles. The number of hydrogen-bond acceptors (Lipinski definition) is 5. The number of piperazine rings is 1. The average Bonchev–Trinajstić information content (AvgIpc) is 3.02. The molecule has 9 heteroatoms. The molecule has 0 radical (unpaired) electrons. The van der Waals surface area contributed by atoms with E-state index in [-0.39, 0.29) is 36.5 Å². The zero-order chi connectivity index (χ0) is 15.5. The van der Waals surface area contributed by atoms with E-state index < -0.39 is 10.7 Å². The molecule has 1 N–H and O–H groups in total. The number of benzene rings is 1. The van der Waals surface area contributed by atoms with Crippen LogP contribution in [0.15, 0.2) is 35.7 Å². The van der Waals surface area contributed by atoms with Crippen LogP contribution in [0.4, 0.5) is 10.1 Å². The van der Waals surface area contributed by atoms with Crippen molar-refractivity contribution in [2.75, 3.05) is 26.2 Å². The Morgan fingerprint density at radius 3 is 2.54 bits per heavy atom. The Morgan fingerprint density at radius 1 is 1.25 bits per heavy atom. The quantitative estimate of drug-likeness (QED) is 0.636. The lowest BCUT2D eigenvalue weighted by atomic mass is 10.0. The summed E-state index contributed by atoms with van der Waals surface area (Å²) in [5.74, 6) is -0.447. The zero-order valence-electron chi connectivity index (χ0n) is 12.7. The van der Waals surface area contributed by atoms with E-state index in [0.29, 0.717) is 5.56 Å². The number of hydrogen-bond donors (Lipinski definition) is 1. The van der Waals surface area contributed by atoms with Crippen molar-refractivity contribution >= 4 is 41.8 Å². The summed E-state index contributed by atoms with van der Waals surface area (Å²) in [6, 6.07) is 7.29. The Kier molecular flexibility index (Phi) is 8.05. The lowest BCUT2D eigenvalue weighted by molar-refractivity contribution is -0.385. The molecule has 1 atom stereocenters. The summed E-state index contributed by atoms with van der Waals surface area (Å²) < 4.78 is 13.7. The van der Waals surface area contributed by atoms with Crippen LogP contribution >= 0.6 is 36.2 Å². The van der Waals surface area contributed by atoms with Gasteiger partial charge in [-0.2, -0.15) is 0 Å². The van der Waals surface area contributed by atoms with E-state index in [1.807, 2.05) is 17.5 Å². The van der Waals surface area contributed by atoms with Crippen LogP contribution in [0.5, 0.6) is 0 Å². The third kappa shape index (κ3) is 4.43. The van der Waals surface area contributed by atoms with E-state index in [9.17, 15) is 14.5 Å². The monoisotopic (exact) mass is 393 g/mol. The van der Waals surface area contributed by atoms with Gasteiger partial charge in [-0.3, -0.25) is 15.0 Å². The molecule has 0 aliphatic carbocycles. The number of rotatable bonds is 4. The zero-order valence-corrected chi connectivity index (χ0v) is 15.1. The SMILES string of the molecule is Cl.Cl.O=[N+]([O-])c1ccc(F)cc1[C@@H](c1cccs1)N1CCNCC1. The number of nitro benzene ring substituents is 1. The molecular formula is C15H18Cl2FN3O2S. The molecule has 0 spiro atoms. The molecule has 1 saturated heterocycles. The first kappa shape index (κ1) is 20.8. The molecule has 0 unspecified atom stereocenters. The van der Waals surface area contributed by atoms with Gasteiger partial charge in [0.25, 0.3) is 5.69 Å². The van der Waals surface area contributed by atoms with Crippen molar-refractivity contribution in [2.45, 2.75) is 6.04 Å². The van der Waals surface area contributed by atoms with Gasteiger partial charge in [0.2, 0.25) is 0 Å². The smallest absolute Gasteiger partial charge is 0.274 e. The minimum Gasteiger partial charge on any atom is -0.314 e. The molecule has 1 aliphatic heterocycles. The molecule has 2 aromatic rings. The van der Waals surface area contributed by atoms with Crippen molar-refractivity contribution in [3.05, 3.63) is 62.1 Å². The molecule has 0 amide bonds. The molecule has 1 aromatic carbocycles. The summed E-state index contributed by atoms with van der Waals surface area (Å²) in [4.78, 5) is 14.1. The Hall–Kier alpha value is -1.25. The molecule has 5 nitrogen and oxygen atoms in total. The number of thiophene rings is 1. The van der Waals surface area contributed by atoms with Crippen LogP contribution in [0, 0.1) is 15.9 Å². The molecule has 3 rings (SSSR count). The standard InChI is InChI=1S/C15H16FN3O2S.2ClH/c16-11-3-4-13(19(20)21)12(10-11)15(14-2-1-9-22-14)18-7-5-17-6-8-18;;/h1-4,9-10,15,17H,5-8H2;2*1H/t15-;;/m0../s1. The van der Waals surface area contributed by atoms with Gasteiger partial charge < -0.3 is 5.32 Å². The fraction of sp³-hybridized carbons (Fsp3) is 0.333. The van der Waals surface area contributed by atoms with Gasteiger partial charge in [-0.05, 0) is 23.6 Å². The van der Waals surface area contributed by atoms with Gasteiger partial charge in [0.1, 0.15) is 5.82 Å². The first-order valence-electron chi connectivity index (χ1n) is 7.09. The first-order chi connectivity index (χ1) is 10.7. The second-order valence-corrected chi connectivity index (χ2v) is 6.14. The predicted octanol–water partition coefficient (Wildman–Crippen LogP) is 3.63. The third-order valence-electron chi connectivity index (χ3n) is 3.81. The van der Waals surface area contributed by atoms with Gasteiger partial charge in [-0.25, -0.2) is 4.39 Å². The Labute approximate surface area is 155 Å². The van der Waals surface area contributed by atoms with Crippen molar-refractivity contribution in [3.8, 4) is 0 Å². The van der Waals surface area contributed by atoms with Gasteiger partial charge in [0, 0.05) is 37.1 Å². The van der Waals surface area contributed by atoms with Crippen LogP contribution in [0.1, 0.15) is 16.5 Å². The summed E-state index contributed by atoms with van der Waals surface area (Å²) >= 11 is 1.54. The third-order valence-corrected chi connectivity index (χ3v) is 4.74. The maximum atomic E-state index is 13.7. The Balaban J connectivity index is 0.00000144.